The summed E-state index contributed by atoms with van der Waals surface area (Å²) in [6, 6.07) is 10.4. The maximum absolute atomic E-state index is 12.9. The van der Waals surface area contributed by atoms with Crippen LogP contribution in [0.15, 0.2) is 51.9 Å². The van der Waals surface area contributed by atoms with Gasteiger partial charge in [-0.2, -0.15) is 0 Å². The van der Waals surface area contributed by atoms with Gasteiger partial charge in [-0.05, 0) is 61.6 Å². The van der Waals surface area contributed by atoms with Gasteiger partial charge in [0.1, 0.15) is 23.6 Å². The van der Waals surface area contributed by atoms with Gasteiger partial charge in [0, 0.05) is 50.5 Å². The van der Waals surface area contributed by atoms with Crippen molar-refractivity contribution >= 4 is 28.6 Å². The molecule has 0 bridgehead atoms. The highest BCUT2D eigenvalue weighted by molar-refractivity contribution is 5.91. The third-order valence-corrected chi connectivity index (χ3v) is 7.34. The molecule has 2 aliphatic rings. The van der Waals surface area contributed by atoms with Crippen LogP contribution in [0.3, 0.4) is 0 Å². The lowest BCUT2D eigenvalue weighted by Crippen LogP contribution is -2.49. The molecule has 38 heavy (non-hydrogen) atoms. The zero-order valence-corrected chi connectivity index (χ0v) is 21.2. The smallest absolute Gasteiger partial charge is 0.419 e. The van der Waals surface area contributed by atoms with E-state index in [1.807, 2.05) is 17.9 Å². The minimum atomic E-state index is -0.422. The molecule has 11 nitrogen and oxygen atoms in total. The fraction of sp³-hybridized carbons (Fsp3) is 0.333. The number of hydrogen-bond acceptors (Lipinski definition) is 8. The Morgan fingerprint density at radius 1 is 1.08 bits per heavy atom. The van der Waals surface area contributed by atoms with Crippen molar-refractivity contribution in [3.8, 4) is 17.4 Å². The molecule has 0 saturated carbocycles. The third kappa shape index (κ3) is 4.40. The van der Waals surface area contributed by atoms with Crippen LogP contribution in [0.2, 0.25) is 0 Å². The number of nitrogens with one attached hydrogen (secondary N) is 1. The molecule has 2 aliphatic heterocycles. The summed E-state index contributed by atoms with van der Waals surface area (Å²) < 4.78 is 12.8. The number of hydrogen-bond donors (Lipinski definition) is 2. The number of phenols is 1. The summed E-state index contributed by atoms with van der Waals surface area (Å²) in [5.41, 5.74) is 3.75. The van der Waals surface area contributed by atoms with Crippen molar-refractivity contribution in [3.63, 3.8) is 0 Å². The Morgan fingerprint density at radius 3 is 2.71 bits per heavy atom. The van der Waals surface area contributed by atoms with Crippen molar-refractivity contribution in [2.45, 2.75) is 32.2 Å². The highest BCUT2D eigenvalue weighted by atomic mass is 16.5. The monoisotopic (exact) mass is 516 g/mol. The van der Waals surface area contributed by atoms with Gasteiger partial charge in [0.05, 0.1) is 5.52 Å². The van der Waals surface area contributed by atoms with Gasteiger partial charge in [-0.15, -0.1) is 0 Å². The molecule has 0 unspecified atom stereocenters. The molecule has 1 saturated heterocycles. The van der Waals surface area contributed by atoms with Crippen LogP contribution in [-0.2, 0) is 13.5 Å². The predicted molar refractivity (Wildman–Crippen MR) is 141 cm³/mol. The van der Waals surface area contributed by atoms with Crippen LogP contribution < -0.4 is 20.7 Å². The normalized spacial score (nSPS) is 16.3. The number of rotatable bonds is 4. The highest BCUT2D eigenvalue weighted by Crippen LogP contribution is 2.30. The Balaban J connectivity index is 1.12. The molecular formula is C27H28N6O5. The Labute approximate surface area is 218 Å². The molecule has 2 aromatic heterocycles. The van der Waals surface area contributed by atoms with Crippen LogP contribution in [-0.4, -0.2) is 56.2 Å². The van der Waals surface area contributed by atoms with E-state index in [2.05, 4.69) is 20.2 Å². The summed E-state index contributed by atoms with van der Waals surface area (Å²) in [5.74, 6) is 1.45. The van der Waals surface area contributed by atoms with Gasteiger partial charge < -0.3 is 29.4 Å². The molecule has 1 fully saturated rings. The van der Waals surface area contributed by atoms with Gasteiger partial charge in [-0.1, -0.05) is 0 Å². The van der Waals surface area contributed by atoms with E-state index >= 15 is 0 Å². The Kier molecular flexibility index (Phi) is 5.90. The maximum Gasteiger partial charge on any atom is 0.419 e. The van der Waals surface area contributed by atoms with Gasteiger partial charge >= 0.3 is 11.8 Å². The van der Waals surface area contributed by atoms with Crippen molar-refractivity contribution in [2.24, 2.45) is 7.05 Å². The number of aromatic hydroxyl groups is 1. The lowest BCUT2D eigenvalue weighted by atomic mass is 10.0. The molecule has 4 heterocycles. The van der Waals surface area contributed by atoms with E-state index in [9.17, 15) is 14.7 Å². The second-order valence-electron chi connectivity index (χ2n) is 9.76. The summed E-state index contributed by atoms with van der Waals surface area (Å²) in [6.45, 7) is 3.97. The van der Waals surface area contributed by atoms with Gasteiger partial charge in [-0.3, -0.25) is 4.57 Å². The van der Waals surface area contributed by atoms with Crippen molar-refractivity contribution in [1.82, 2.24) is 19.4 Å². The number of aryl methyl sites for hydroxylation is 2. The number of nitrogens with zero attached hydrogens (tertiary/aromatic N) is 5. The average molecular weight is 517 g/mol. The molecular weight excluding hydrogens is 488 g/mol. The summed E-state index contributed by atoms with van der Waals surface area (Å²) in [5, 5.41) is 12.8. The van der Waals surface area contributed by atoms with Gasteiger partial charge in [0.2, 0.25) is 5.88 Å². The molecule has 0 radical (unpaired) electrons. The van der Waals surface area contributed by atoms with Crippen molar-refractivity contribution in [3.05, 3.63) is 64.4 Å². The number of benzene rings is 2. The van der Waals surface area contributed by atoms with E-state index in [0.717, 1.165) is 54.1 Å². The van der Waals surface area contributed by atoms with Gasteiger partial charge in [0.15, 0.2) is 5.58 Å². The first kappa shape index (κ1) is 23.8. The van der Waals surface area contributed by atoms with Crippen LogP contribution in [0.4, 0.5) is 16.3 Å². The molecule has 2 aromatic carbocycles. The minimum Gasteiger partial charge on any atom is -0.508 e. The van der Waals surface area contributed by atoms with Crippen LogP contribution in [0, 0.1) is 6.92 Å². The summed E-state index contributed by atoms with van der Waals surface area (Å²) in [7, 11) is 1.67. The van der Waals surface area contributed by atoms with E-state index < -0.39 is 5.76 Å². The molecule has 2 N–H and O–H groups in total. The molecule has 0 atom stereocenters. The lowest BCUT2D eigenvalue weighted by molar-refractivity contribution is 0.177. The molecule has 6 rings (SSSR count). The zero-order chi connectivity index (χ0) is 26.4. The topological polar surface area (TPSA) is 126 Å². The maximum atomic E-state index is 12.9. The molecule has 0 spiro atoms. The van der Waals surface area contributed by atoms with E-state index in [4.69, 9.17) is 9.15 Å². The standard InChI is InChI=1S/C27H28N6O5/c1-16-11-20(13-22-25(16)31(2)27(36)38-22)37-24-14-23(28-15-29-24)32-8-6-18(7-9-32)33-10-5-17-12-19(34)3-4-21(17)30-26(33)35/h3-4,11-15,18,34H,5-10H2,1-2H3,(H,30,35). The Hall–Kier alpha value is -4.54. The van der Waals surface area contributed by atoms with E-state index in [1.165, 1.54) is 10.9 Å². The minimum absolute atomic E-state index is 0.105. The second kappa shape index (κ2) is 9.40. The predicted octanol–water partition coefficient (Wildman–Crippen LogP) is 3.79. The number of piperidine rings is 1. The largest absolute Gasteiger partial charge is 0.508 e. The summed E-state index contributed by atoms with van der Waals surface area (Å²) in [6.07, 6.45) is 3.77. The quantitative estimate of drug-likeness (QED) is 0.393. The zero-order valence-electron chi connectivity index (χ0n) is 21.2. The molecule has 196 valence electrons. The van der Waals surface area contributed by atoms with Gasteiger partial charge in [-0.25, -0.2) is 19.6 Å². The third-order valence-electron chi connectivity index (χ3n) is 7.34. The fourth-order valence-electron chi connectivity index (χ4n) is 5.41. The Morgan fingerprint density at radius 2 is 1.89 bits per heavy atom. The summed E-state index contributed by atoms with van der Waals surface area (Å²) in [4.78, 5) is 37.6. The molecule has 4 aromatic rings. The number of carbonyl (C=O) groups excluding carboxylic acids is 1. The molecule has 11 heteroatoms. The second-order valence-corrected chi connectivity index (χ2v) is 9.76. The van der Waals surface area contributed by atoms with Crippen LogP contribution in [0.1, 0.15) is 24.0 Å². The lowest BCUT2D eigenvalue weighted by Gasteiger charge is -2.38. The number of ether oxygens (including phenoxy) is 1. The van der Waals surface area contributed by atoms with E-state index in [1.54, 1.807) is 37.4 Å². The number of amides is 2. The van der Waals surface area contributed by atoms with Crippen molar-refractivity contribution < 1.29 is 19.1 Å². The average Bonchev–Trinajstić information content (AvgIpc) is 3.08. The highest BCUT2D eigenvalue weighted by Gasteiger charge is 2.30. The molecule has 2 amide bonds. The number of phenolic OH excluding ortho intramolecular Hbond substituents is 1. The van der Waals surface area contributed by atoms with Crippen LogP contribution in [0.5, 0.6) is 17.4 Å². The van der Waals surface area contributed by atoms with Crippen molar-refractivity contribution in [1.29, 1.82) is 0 Å². The van der Waals surface area contributed by atoms with Crippen LogP contribution in [0.25, 0.3) is 11.1 Å². The number of carbonyl (C=O) groups is 1. The number of anilines is 2. The first-order valence-corrected chi connectivity index (χ1v) is 12.6. The number of fused-ring (bicyclic) bond motifs is 2. The number of oxazole rings is 1. The van der Waals surface area contributed by atoms with E-state index in [0.29, 0.717) is 30.2 Å². The first-order valence-electron chi connectivity index (χ1n) is 12.6. The first-order chi connectivity index (χ1) is 18.4. The van der Waals surface area contributed by atoms with E-state index in [-0.39, 0.29) is 17.8 Å². The fourth-order valence-corrected chi connectivity index (χ4v) is 5.41. The number of aromatic nitrogens is 3. The Bertz CT molecular complexity index is 1590. The SMILES string of the molecule is Cc1cc(Oc2cc(N3CCC(N4CCc5cc(O)ccc5NC4=O)CC3)ncn2)cc2oc(=O)n(C)c12. The summed E-state index contributed by atoms with van der Waals surface area (Å²) >= 11 is 0. The number of urea groups is 1. The van der Waals surface area contributed by atoms with Gasteiger partial charge in [0.25, 0.3) is 0 Å². The van der Waals surface area contributed by atoms with Crippen LogP contribution >= 0.6 is 0 Å². The van der Waals surface area contributed by atoms with Crippen molar-refractivity contribution in [2.75, 3.05) is 29.9 Å². The molecule has 0 aliphatic carbocycles.